The van der Waals surface area contributed by atoms with Crippen LogP contribution in [0, 0.1) is 0 Å². The van der Waals surface area contributed by atoms with Crippen LogP contribution in [0.4, 0.5) is 0 Å². The molecule has 7 heteroatoms. The second-order valence-corrected chi connectivity index (χ2v) is 6.40. The second kappa shape index (κ2) is 9.72. The van der Waals surface area contributed by atoms with Crippen LogP contribution in [0.5, 0.6) is 0 Å². The smallest absolute Gasteiger partial charge is 0.326 e. The Morgan fingerprint density at radius 2 is 1.77 bits per heavy atom. The molecular weight excluding hydrogens is 352 g/mol. The second-order valence-electron chi connectivity index (χ2n) is 5.45. The Hall–Kier alpha value is -2.67. The predicted molar refractivity (Wildman–Crippen MR) is 99.9 cm³/mol. The van der Waals surface area contributed by atoms with Crippen LogP contribution >= 0.6 is 11.3 Å². The molecule has 26 heavy (non-hydrogen) atoms. The fraction of sp³-hybridized carbons (Fsp3) is 0.316. The van der Waals surface area contributed by atoms with Gasteiger partial charge in [-0.3, -0.25) is 14.4 Å². The standard InChI is InChI=1S/C19H22N2O4S/c1-3-21(4-2)19(24)17(14-9-6-5-7-10-14)25-16(22)13-20-18(23)15-11-8-12-26-15/h5-12,17H,3-4,13H2,1-2H3,(H,20,23)/t17-/m1/s1. The van der Waals surface area contributed by atoms with E-state index in [1.54, 1.807) is 46.7 Å². The fourth-order valence-corrected chi connectivity index (χ4v) is 3.05. The van der Waals surface area contributed by atoms with Crippen LogP contribution in [0.3, 0.4) is 0 Å². The monoisotopic (exact) mass is 374 g/mol. The van der Waals surface area contributed by atoms with Crippen molar-refractivity contribution in [3.8, 4) is 0 Å². The first-order valence-corrected chi connectivity index (χ1v) is 9.29. The number of carbonyl (C=O) groups excluding carboxylic acids is 3. The van der Waals surface area contributed by atoms with Crippen molar-refractivity contribution < 1.29 is 19.1 Å². The van der Waals surface area contributed by atoms with Crippen molar-refractivity contribution in [2.24, 2.45) is 0 Å². The number of amides is 2. The van der Waals surface area contributed by atoms with E-state index < -0.39 is 12.1 Å². The summed E-state index contributed by atoms with van der Waals surface area (Å²) in [5.41, 5.74) is 0.599. The maximum Gasteiger partial charge on any atom is 0.326 e. The lowest BCUT2D eigenvalue weighted by Crippen LogP contribution is -2.38. The molecule has 2 rings (SSSR count). The molecule has 2 aromatic rings. The van der Waals surface area contributed by atoms with Crippen molar-refractivity contribution in [1.29, 1.82) is 0 Å². The highest BCUT2D eigenvalue weighted by Crippen LogP contribution is 2.20. The summed E-state index contributed by atoms with van der Waals surface area (Å²) >= 11 is 1.28. The number of likely N-dealkylation sites (N-methyl/N-ethyl adjacent to an activating group) is 1. The lowest BCUT2D eigenvalue weighted by atomic mass is 10.1. The molecule has 1 aromatic heterocycles. The SMILES string of the molecule is CCN(CC)C(=O)[C@H](OC(=O)CNC(=O)c1cccs1)c1ccccc1. The van der Waals surface area contributed by atoms with Crippen molar-refractivity contribution in [3.63, 3.8) is 0 Å². The molecule has 0 bridgehead atoms. The van der Waals surface area contributed by atoms with Gasteiger partial charge < -0.3 is 15.0 Å². The van der Waals surface area contributed by atoms with Gasteiger partial charge in [-0.1, -0.05) is 36.4 Å². The summed E-state index contributed by atoms with van der Waals surface area (Å²) in [5, 5.41) is 4.29. The van der Waals surface area contributed by atoms with E-state index in [1.807, 2.05) is 19.9 Å². The Balaban J connectivity index is 2.05. The zero-order valence-electron chi connectivity index (χ0n) is 14.8. The summed E-state index contributed by atoms with van der Waals surface area (Å²) in [4.78, 5) is 39.0. The van der Waals surface area contributed by atoms with Crippen molar-refractivity contribution in [2.75, 3.05) is 19.6 Å². The lowest BCUT2D eigenvalue weighted by molar-refractivity contribution is -0.160. The fourth-order valence-electron chi connectivity index (χ4n) is 2.41. The molecular formula is C19H22N2O4S. The van der Waals surface area contributed by atoms with Crippen molar-refractivity contribution in [3.05, 3.63) is 58.3 Å². The highest BCUT2D eigenvalue weighted by molar-refractivity contribution is 7.12. The largest absolute Gasteiger partial charge is 0.446 e. The van der Waals surface area contributed by atoms with E-state index in [0.717, 1.165) is 0 Å². The van der Waals surface area contributed by atoms with Gasteiger partial charge in [-0.05, 0) is 25.3 Å². The lowest BCUT2D eigenvalue weighted by Gasteiger charge is -2.25. The summed E-state index contributed by atoms with van der Waals surface area (Å²) in [6, 6.07) is 12.3. The van der Waals surface area contributed by atoms with Crippen LogP contribution < -0.4 is 5.32 Å². The minimum absolute atomic E-state index is 0.279. The molecule has 0 radical (unpaired) electrons. The molecule has 138 valence electrons. The zero-order valence-corrected chi connectivity index (χ0v) is 15.6. The normalized spacial score (nSPS) is 11.5. The van der Waals surface area contributed by atoms with E-state index in [1.165, 1.54) is 11.3 Å². The van der Waals surface area contributed by atoms with Crippen molar-refractivity contribution in [1.82, 2.24) is 10.2 Å². The molecule has 0 fully saturated rings. The first-order chi connectivity index (χ1) is 12.6. The van der Waals surface area contributed by atoms with Gasteiger partial charge in [-0.15, -0.1) is 11.3 Å². The third-order valence-electron chi connectivity index (χ3n) is 3.79. The quantitative estimate of drug-likeness (QED) is 0.721. The Morgan fingerprint density at radius 1 is 1.08 bits per heavy atom. The third-order valence-corrected chi connectivity index (χ3v) is 4.66. The third kappa shape index (κ3) is 5.16. The molecule has 0 saturated carbocycles. The van der Waals surface area contributed by atoms with Gasteiger partial charge >= 0.3 is 5.97 Å². The van der Waals surface area contributed by atoms with E-state index in [4.69, 9.17) is 4.74 Å². The van der Waals surface area contributed by atoms with Gasteiger partial charge in [0, 0.05) is 18.7 Å². The van der Waals surface area contributed by atoms with Gasteiger partial charge in [-0.25, -0.2) is 0 Å². The zero-order chi connectivity index (χ0) is 18.9. The van der Waals surface area contributed by atoms with Crippen molar-refractivity contribution in [2.45, 2.75) is 20.0 Å². The van der Waals surface area contributed by atoms with Crippen LogP contribution in [0.15, 0.2) is 47.8 Å². The Morgan fingerprint density at radius 3 is 2.35 bits per heavy atom. The first-order valence-electron chi connectivity index (χ1n) is 8.41. The Bertz CT molecular complexity index is 727. The molecule has 1 aromatic carbocycles. The maximum atomic E-state index is 12.7. The van der Waals surface area contributed by atoms with E-state index in [2.05, 4.69) is 5.32 Å². The number of hydrogen-bond donors (Lipinski definition) is 1. The van der Waals surface area contributed by atoms with Crippen LogP contribution in [0.25, 0.3) is 0 Å². The van der Waals surface area contributed by atoms with Gasteiger partial charge in [0.25, 0.3) is 11.8 Å². The van der Waals surface area contributed by atoms with Gasteiger partial charge in [0.1, 0.15) is 6.54 Å². The van der Waals surface area contributed by atoms with E-state index in [0.29, 0.717) is 23.5 Å². The number of carbonyl (C=O) groups is 3. The molecule has 0 saturated heterocycles. The molecule has 1 atom stereocenters. The first kappa shape index (κ1) is 19.7. The molecule has 2 amide bonds. The highest BCUT2D eigenvalue weighted by Gasteiger charge is 2.28. The van der Waals surface area contributed by atoms with Crippen molar-refractivity contribution >= 4 is 29.1 Å². The topological polar surface area (TPSA) is 75.7 Å². The molecule has 6 nitrogen and oxygen atoms in total. The number of thiophene rings is 1. The number of esters is 1. The summed E-state index contributed by atoms with van der Waals surface area (Å²) in [5.74, 6) is -1.29. The van der Waals surface area contributed by atoms with Crippen LogP contribution in [-0.2, 0) is 14.3 Å². The van der Waals surface area contributed by atoms with Crippen LogP contribution in [0.1, 0.15) is 35.2 Å². The van der Waals surface area contributed by atoms with Gasteiger partial charge in [0.05, 0.1) is 4.88 Å². The average Bonchev–Trinajstić information content (AvgIpc) is 3.20. The number of ether oxygens (including phenoxy) is 1. The number of rotatable bonds is 8. The minimum Gasteiger partial charge on any atom is -0.446 e. The number of hydrogen-bond acceptors (Lipinski definition) is 5. The highest BCUT2D eigenvalue weighted by atomic mass is 32.1. The molecule has 0 aliphatic heterocycles. The van der Waals surface area contributed by atoms with E-state index >= 15 is 0 Å². The number of benzene rings is 1. The number of nitrogens with zero attached hydrogens (tertiary/aromatic N) is 1. The Kier molecular flexibility index (Phi) is 7.35. The molecule has 0 unspecified atom stereocenters. The van der Waals surface area contributed by atoms with Gasteiger partial charge in [0.2, 0.25) is 6.10 Å². The molecule has 1 N–H and O–H groups in total. The van der Waals surface area contributed by atoms with Crippen LogP contribution in [-0.4, -0.2) is 42.3 Å². The predicted octanol–water partition coefficient (Wildman–Crippen LogP) is 2.63. The molecule has 0 aliphatic carbocycles. The number of nitrogens with one attached hydrogen (secondary N) is 1. The van der Waals surface area contributed by atoms with Crippen LogP contribution in [0.2, 0.25) is 0 Å². The molecule has 1 heterocycles. The molecule has 0 spiro atoms. The summed E-state index contributed by atoms with van der Waals surface area (Å²) in [6.45, 7) is 4.47. The summed E-state index contributed by atoms with van der Waals surface area (Å²) in [7, 11) is 0. The average molecular weight is 374 g/mol. The van der Waals surface area contributed by atoms with Gasteiger partial charge in [0.15, 0.2) is 0 Å². The summed E-state index contributed by atoms with van der Waals surface area (Å²) in [6.07, 6.45) is -1.03. The van der Waals surface area contributed by atoms with Gasteiger partial charge in [-0.2, -0.15) is 0 Å². The van der Waals surface area contributed by atoms with E-state index in [9.17, 15) is 14.4 Å². The minimum atomic E-state index is -1.03. The molecule has 0 aliphatic rings. The Labute approximate surface area is 156 Å². The van der Waals surface area contributed by atoms with E-state index in [-0.39, 0.29) is 18.4 Å². The summed E-state index contributed by atoms with van der Waals surface area (Å²) < 4.78 is 5.41. The maximum absolute atomic E-state index is 12.7.